The molecule has 22 heavy (non-hydrogen) atoms. The molecule has 1 aromatic rings. The zero-order valence-corrected chi connectivity index (χ0v) is 16.4. The molecule has 0 saturated heterocycles. The molecule has 1 aliphatic rings. The number of hydrogen-bond donors (Lipinski definition) is 0. The first-order chi connectivity index (χ1) is 9.75. The van der Waals surface area contributed by atoms with Crippen LogP contribution in [-0.4, -0.2) is 14.4 Å². The van der Waals surface area contributed by atoms with Gasteiger partial charge >= 0.3 is 8.48 Å². The molecule has 0 fully saturated rings. The molecule has 0 radical (unpaired) electrons. The van der Waals surface area contributed by atoms with E-state index in [1.165, 1.54) is 11.1 Å². The van der Waals surface area contributed by atoms with Gasteiger partial charge in [0.25, 0.3) is 0 Å². The van der Waals surface area contributed by atoms with Gasteiger partial charge in [-0.3, -0.25) is 4.79 Å². The minimum absolute atomic E-state index is 0.0252. The molecule has 1 amide bonds. The van der Waals surface area contributed by atoms with Crippen molar-refractivity contribution < 1.29 is 9.22 Å². The lowest BCUT2D eigenvalue weighted by Gasteiger charge is -2.27. The van der Waals surface area contributed by atoms with E-state index in [0.717, 1.165) is 11.4 Å². The minimum Gasteiger partial charge on any atom is -0.523 e. The van der Waals surface area contributed by atoms with Crippen LogP contribution in [0.25, 0.3) is 0 Å². The molecule has 0 spiro atoms. The first kappa shape index (κ1) is 17.1. The molecular formula is C18H29NO2Si. The third-order valence-corrected chi connectivity index (χ3v) is 6.53. The highest BCUT2D eigenvalue weighted by molar-refractivity contribution is 6.80. The normalized spacial score (nSPS) is 17.2. The van der Waals surface area contributed by atoms with Gasteiger partial charge in [-0.2, -0.15) is 0 Å². The van der Waals surface area contributed by atoms with Crippen molar-refractivity contribution in [2.75, 3.05) is 4.57 Å². The van der Waals surface area contributed by atoms with Crippen molar-refractivity contribution in [3.8, 4) is 5.75 Å². The van der Waals surface area contributed by atoms with Crippen LogP contribution in [0.1, 0.15) is 59.6 Å². The molecule has 4 heteroatoms. The van der Waals surface area contributed by atoms with Crippen molar-refractivity contribution in [2.24, 2.45) is 0 Å². The molecule has 0 atom stereocenters. The van der Waals surface area contributed by atoms with Crippen LogP contribution in [-0.2, 0) is 15.6 Å². The number of hydrogen-bond acceptors (Lipinski definition) is 2. The lowest BCUT2D eigenvalue weighted by molar-refractivity contribution is -0.115. The van der Waals surface area contributed by atoms with Crippen LogP contribution in [0.3, 0.4) is 0 Å². The van der Waals surface area contributed by atoms with Gasteiger partial charge in [-0.05, 0) is 35.6 Å². The summed E-state index contributed by atoms with van der Waals surface area (Å²) in [7, 11) is -2.25. The van der Waals surface area contributed by atoms with Gasteiger partial charge in [0.2, 0.25) is 5.91 Å². The fourth-order valence-electron chi connectivity index (χ4n) is 3.01. The van der Waals surface area contributed by atoms with Gasteiger partial charge in [-0.25, -0.2) is 0 Å². The monoisotopic (exact) mass is 319 g/mol. The molecule has 0 aromatic heterocycles. The Balaban J connectivity index is 2.79. The van der Waals surface area contributed by atoms with Crippen molar-refractivity contribution in [3.05, 3.63) is 23.3 Å². The second-order valence-electron chi connectivity index (χ2n) is 8.78. The van der Waals surface area contributed by atoms with E-state index in [2.05, 4.69) is 66.8 Å². The molecule has 1 aliphatic heterocycles. The van der Waals surface area contributed by atoms with E-state index >= 15 is 0 Å². The average molecular weight is 320 g/mol. The standard InChI is InChI=1S/C18H29NO2Si/c1-12(20)19-15-11-13(17(2,3)4)10-14(18(5,6)7)16(15)21-22(19,8)9/h10-11H,1-9H3. The van der Waals surface area contributed by atoms with Gasteiger partial charge in [0, 0.05) is 12.5 Å². The van der Waals surface area contributed by atoms with Gasteiger partial charge in [0.05, 0.1) is 5.69 Å². The Kier molecular flexibility index (Phi) is 3.76. The number of nitrogens with zero attached hydrogens (tertiary/aromatic N) is 1. The molecule has 0 unspecified atom stereocenters. The van der Waals surface area contributed by atoms with Crippen molar-refractivity contribution >= 4 is 20.1 Å². The number of fused-ring (bicyclic) bond motifs is 1. The summed E-state index contributed by atoms with van der Waals surface area (Å²) in [5, 5.41) is 0. The van der Waals surface area contributed by atoms with Gasteiger partial charge in [-0.15, -0.1) is 0 Å². The predicted molar refractivity (Wildman–Crippen MR) is 95.1 cm³/mol. The van der Waals surface area contributed by atoms with Crippen molar-refractivity contribution in [2.45, 2.75) is 72.4 Å². The van der Waals surface area contributed by atoms with E-state index in [0.29, 0.717) is 0 Å². The van der Waals surface area contributed by atoms with E-state index in [9.17, 15) is 4.79 Å². The van der Waals surface area contributed by atoms with Gasteiger partial charge in [0.15, 0.2) is 0 Å². The fraction of sp³-hybridized carbons (Fsp3) is 0.611. The SMILES string of the molecule is CC(=O)N1c2cc(C(C)(C)C)cc(C(C)(C)C)c2O[Si]1(C)C. The molecule has 0 bridgehead atoms. The number of benzene rings is 1. The second-order valence-corrected chi connectivity index (χ2v) is 12.3. The maximum atomic E-state index is 12.2. The van der Waals surface area contributed by atoms with Gasteiger partial charge in [-0.1, -0.05) is 47.6 Å². The Morgan fingerprint density at radius 2 is 1.59 bits per heavy atom. The Labute approximate surface area is 135 Å². The highest BCUT2D eigenvalue weighted by Crippen LogP contribution is 2.48. The van der Waals surface area contributed by atoms with Crippen LogP contribution in [0.4, 0.5) is 5.69 Å². The van der Waals surface area contributed by atoms with Crippen LogP contribution >= 0.6 is 0 Å². The van der Waals surface area contributed by atoms with Crippen molar-refractivity contribution in [1.29, 1.82) is 0 Å². The molecular weight excluding hydrogens is 290 g/mol. The van der Waals surface area contributed by atoms with Crippen LogP contribution < -0.4 is 8.99 Å². The molecule has 1 heterocycles. The minimum atomic E-state index is -2.25. The van der Waals surface area contributed by atoms with E-state index in [1.807, 2.05) is 4.57 Å². The molecule has 122 valence electrons. The predicted octanol–water partition coefficient (Wildman–Crippen LogP) is 4.73. The highest BCUT2D eigenvalue weighted by atomic mass is 28.4. The number of rotatable bonds is 0. The summed E-state index contributed by atoms with van der Waals surface area (Å²) in [5.41, 5.74) is 3.41. The first-order valence-electron chi connectivity index (χ1n) is 7.94. The molecule has 1 aromatic carbocycles. The van der Waals surface area contributed by atoms with Gasteiger partial charge in [0.1, 0.15) is 5.75 Å². The van der Waals surface area contributed by atoms with Crippen molar-refractivity contribution in [3.63, 3.8) is 0 Å². The van der Waals surface area contributed by atoms with E-state index in [1.54, 1.807) is 6.92 Å². The summed E-state index contributed by atoms with van der Waals surface area (Å²) in [6.45, 7) is 19.0. The van der Waals surface area contributed by atoms with E-state index < -0.39 is 8.48 Å². The van der Waals surface area contributed by atoms with Crippen LogP contribution in [0, 0.1) is 0 Å². The first-order valence-corrected chi connectivity index (χ1v) is 10.8. The van der Waals surface area contributed by atoms with Crippen LogP contribution in [0.2, 0.25) is 13.1 Å². The summed E-state index contributed by atoms with van der Waals surface area (Å²) >= 11 is 0. The number of amides is 1. The number of anilines is 1. The zero-order chi connectivity index (χ0) is 17.1. The lowest BCUT2D eigenvalue weighted by atomic mass is 9.79. The molecule has 0 saturated carbocycles. The summed E-state index contributed by atoms with van der Waals surface area (Å²) in [5.74, 6) is 0.980. The van der Waals surface area contributed by atoms with Crippen molar-refractivity contribution in [1.82, 2.24) is 0 Å². The van der Waals surface area contributed by atoms with Gasteiger partial charge < -0.3 is 8.99 Å². The van der Waals surface area contributed by atoms with Crippen LogP contribution in [0.15, 0.2) is 12.1 Å². The molecule has 3 nitrogen and oxygen atoms in total. The molecule has 2 rings (SSSR count). The Morgan fingerprint density at radius 1 is 1.05 bits per heavy atom. The summed E-state index contributed by atoms with van der Waals surface area (Å²) in [6, 6.07) is 4.40. The lowest BCUT2D eigenvalue weighted by Crippen LogP contribution is -2.52. The Morgan fingerprint density at radius 3 is 2.00 bits per heavy atom. The number of carbonyl (C=O) groups excluding carboxylic acids is 1. The summed E-state index contributed by atoms with van der Waals surface area (Å²) in [4.78, 5) is 12.2. The Bertz CT molecular complexity index is 621. The maximum absolute atomic E-state index is 12.2. The highest BCUT2D eigenvalue weighted by Gasteiger charge is 2.46. The second kappa shape index (κ2) is 4.85. The third kappa shape index (κ3) is 2.81. The largest absolute Gasteiger partial charge is 0.523 e. The topological polar surface area (TPSA) is 29.5 Å². The fourth-order valence-corrected chi connectivity index (χ4v) is 5.32. The Hall–Kier alpha value is -1.29. The van der Waals surface area contributed by atoms with E-state index in [4.69, 9.17) is 4.43 Å². The van der Waals surface area contributed by atoms with E-state index in [-0.39, 0.29) is 16.7 Å². The summed E-state index contributed by atoms with van der Waals surface area (Å²) in [6.07, 6.45) is 0. The summed E-state index contributed by atoms with van der Waals surface area (Å²) < 4.78 is 8.25. The molecule has 0 N–H and O–H groups in total. The maximum Gasteiger partial charge on any atom is 0.361 e. The molecule has 0 aliphatic carbocycles. The van der Waals surface area contributed by atoms with Crippen LogP contribution in [0.5, 0.6) is 5.75 Å². The number of carbonyl (C=O) groups is 1. The zero-order valence-electron chi connectivity index (χ0n) is 15.4. The smallest absolute Gasteiger partial charge is 0.361 e. The quantitative estimate of drug-likeness (QED) is 0.647. The average Bonchev–Trinajstić information content (AvgIpc) is 2.54. The third-order valence-electron chi connectivity index (χ3n) is 4.19.